The van der Waals surface area contributed by atoms with E-state index in [2.05, 4.69) is 22.0 Å². The molecule has 1 aliphatic rings. The van der Waals surface area contributed by atoms with Crippen LogP contribution < -0.4 is 0 Å². The highest BCUT2D eigenvalue weighted by Crippen LogP contribution is 2.38. The van der Waals surface area contributed by atoms with Crippen molar-refractivity contribution in [3.8, 4) is 0 Å². The molecule has 0 amide bonds. The minimum Gasteiger partial charge on any atom is -0.481 e. The van der Waals surface area contributed by atoms with Crippen molar-refractivity contribution in [3.63, 3.8) is 0 Å². The molecule has 0 saturated heterocycles. The Balaban J connectivity index is 1.86. The molecule has 1 atom stereocenters. The van der Waals surface area contributed by atoms with Gasteiger partial charge in [0.2, 0.25) is 0 Å². The molecule has 0 aromatic carbocycles. The van der Waals surface area contributed by atoms with Crippen LogP contribution in [-0.2, 0) is 24.1 Å². The molecule has 0 spiro atoms. The number of aliphatic carboxylic acids is 1. The van der Waals surface area contributed by atoms with Crippen molar-refractivity contribution in [1.29, 1.82) is 0 Å². The van der Waals surface area contributed by atoms with Crippen LogP contribution in [0.1, 0.15) is 36.0 Å². The van der Waals surface area contributed by atoms with E-state index in [1.807, 2.05) is 0 Å². The summed E-state index contributed by atoms with van der Waals surface area (Å²) in [5.74, 6) is 0.421. The lowest BCUT2D eigenvalue weighted by Crippen LogP contribution is -2.09. The Hall–Kier alpha value is -2.02. The van der Waals surface area contributed by atoms with E-state index in [9.17, 15) is 4.79 Å². The monoisotopic (exact) mass is 316 g/mol. The van der Waals surface area contributed by atoms with Gasteiger partial charge in [-0.1, -0.05) is 6.92 Å². The first kappa shape index (κ1) is 13.6. The Morgan fingerprint density at radius 3 is 3.23 bits per heavy atom. The first-order valence-corrected chi connectivity index (χ1v) is 8.29. The first-order valence-electron chi connectivity index (χ1n) is 7.48. The van der Waals surface area contributed by atoms with Crippen molar-refractivity contribution in [2.24, 2.45) is 5.92 Å². The number of rotatable bonds is 3. The third-order valence-corrected chi connectivity index (χ3v) is 5.43. The first-order chi connectivity index (χ1) is 10.6. The Bertz CT molecular complexity index is 883. The summed E-state index contributed by atoms with van der Waals surface area (Å²) in [5, 5.41) is 14.3. The van der Waals surface area contributed by atoms with E-state index < -0.39 is 5.97 Å². The summed E-state index contributed by atoms with van der Waals surface area (Å²) in [6.45, 7) is 2.28. The second-order valence-electron chi connectivity index (χ2n) is 5.97. The molecular formula is C15H16N4O2S. The minimum atomic E-state index is -0.830. The number of aromatic nitrogens is 4. The van der Waals surface area contributed by atoms with Gasteiger partial charge in [0.25, 0.3) is 0 Å². The Kier molecular flexibility index (Phi) is 3.11. The van der Waals surface area contributed by atoms with Gasteiger partial charge >= 0.3 is 5.97 Å². The molecule has 0 radical (unpaired) electrons. The van der Waals surface area contributed by atoms with Crippen LogP contribution in [0.5, 0.6) is 0 Å². The van der Waals surface area contributed by atoms with Gasteiger partial charge in [0.15, 0.2) is 11.5 Å². The van der Waals surface area contributed by atoms with Crippen LogP contribution in [0.3, 0.4) is 0 Å². The van der Waals surface area contributed by atoms with Gasteiger partial charge in [-0.15, -0.1) is 16.4 Å². The third kappa shape index (κ3) is 2.16. The van der Waals surface area contributed by atoms with E-state index in [4.69, 9.17) is 5.11 Å². The molecule has 1 aliphatic carbocycles. The molecule has 22 heavy (non-hydrogen) atoms. The molecule has 0 saturated carbocycles. The Morgan fingerprint density at radius 1 is 1.55 bits per heavy atom. The highest BCUT2D eigenvalue weighted by molar-refractivity contribution is 7.19. The van der Waals surface area contributed by atoms with Crippen LogP contribution >= 0.6 is 11.3 Å². The predicted molar refractivity (Wildman–Crippen MR) is 83.3 cm³/mol. The van der Waals surface area contributed by atoms with Crippen molar-refractivity contribution in [3.05, 3.63) is 22.6 Å². The van der Waals surface area contributed by atoms with Gasteiger partial charge in [-0.3, -0.25) is 4.79 Å². The fourth-order valence-corrected chi connectivity index (χ4v) is 4.29. The van der Waals surface area contributed by atoms with Gasteiger partial charge in [0.1, 0.15) is 11.2 Å². The molecule has 0 aliphatic heterocycles. The van der Waals surface area contributed by atoms with E-state index in [1.54, 1.807) is 22.2 Å². The van der Waals surface area contributed by atoms with Gasteiger partial charge in [-0.2, -0.15) is 0 Å². The lowest BCUT2D eigenvalue weighted by molar-refractivity contribution is -0.137. The summed E-state index contributed by atoms with van der Waals surface area (Å²) >= 11 is 1.76. The predicted octanol–water partition coefficient (Wildman–Crippen LogP) is 2.48. The summed E-state index contributed by atoms with van der Waals surface area (Å²) in [7, 11) is 0. The number of carboxylic acid groups (broad SMARTS) is 1. The summed E-state index contributed by atoms with van der Waals surface area (Å²) in [6, 6.07) is 0. The molecule has 114 valence electrons. The molecule has 1 N–H and O–H groups in total. The van der Waals surface area contributed by atoms with Crippen molar-refractivity contribution >= 4 is 33.2 Å². The fraction of sp³-hybridized carbons (Fsp3) is 0.467. The van der Waals surface area contributed by atoms with E-state index in [0.717, 1.165) is 28.7 Å². The molecule has 3 aromatic heterocycles. The topological polar surface area (TPSA) is 80.4 Å². The molecule has 6 nitrogen and oxygen atoms in total. The summed E-state index contributed by atoms with van der Waals surface area (Å²) < 4.78 is 1.69. The quantitative estimate of drug-likeness (QED) is 0.803. The van der Waals surface area contributed by atoms with Crippen LogP contribution in [0.25, 0.3) is 15.9 Å². The van der Waals surface area contributed by atoms with Crippen LogP contribution in [0.2, 0.25) is 0 Å². The molecule has 0 fully saturated rings. The van der Waals surface area contributed by atoms with Gasteiger partial charge in [0, 0.05) is 11.3 Å². The maximum absolute atomic E-state index is 10.7. The Morgan fingerprint density at radius 2 is 2.41 bits per heavy atom. The van der Waals surface area contributed by atoms with E-state index in [1.165, 1.54) is 16.9 Å². The highest BCUT2D eigenvalue weighted by Gasteiger charge is 2.23. The second-order valence-corrected chi connectivity index (χ2v) is 7.05. The van der Waals surface area contributed by atoms with Gasteiger partial charge in [-0.25, -0.2) is 14.5 Å². The van der Waals surface area contributed by atoms with Crippen molar-refractivity contribution in [2.45, 2.75) is 39.0 Å². The van der Waals surface area contributed by atoms with Crippen molar-refractivity contribution in [1.82, 2.24) is 19.6 Å². The average Bonchev–Trinajstić information content (AvgIpc) is 3.04. The standard InChI is InChI=1S/C15H16N4O2S/c1-8-2-3-10-9(6-8)13-14-17-11(4-5-12(20)21)18-19(14)7-16-15(13)22-10/h7-8H,2-6H2,1H3,(H,20,21)/t8-/m0/s1. The van der Waals surface area contributed by atoms with Crippen LogP contribution in [-0.4, -0.2) is 30.7 Å². The van der Waals surface area contributed by atoms with E-state index >= 15 is 0 Å². The fourth-order valence-electron chi connectivity index (χ4n) is 3.12. The highest BCUT2D eigenvalue weighted by atomic mass is 32.1. The number of hydrogen-bond donors (Lipinski definition) is 1. The van der Waals surface area contributed by atoms with Gasteiger partial charge in [-0.05, 0) is 30.7 Å². The minimum absolute atomic E-state index is 0.0478. The SMILES string of the molecule is C[C@H]1CCc2sc3ncn4nc(CCC(=O)O)nc4c3c2C1. The summed E-state index contributed by atoms with van der Waals surface area (Å²) in [5.41, 5.74) is 2.19. The van der Waals surface area contributed by atoms with E-state index in [0.29, 0.717) is 18.2 Å². The zero-order chi connectivity index (χ0) is 15.3. The van der Waals surface area contributed by atoms with Gasteiger partial charge in [0.05, 0.1) is 11.8 Å². The molecule has 0 unspecified atom stereocenters. The van der Waals surface area contributed by atoms with Gasteiger partial charge < -0.3 is 5.11 Å². The number of fused-ring (bicyclic) bond motifs is 5. The second kappa shape index (κ2) is 5.01. The number of aryl methyl sites for hydroxylation is 2. The van der Waals surface area contributed by atoms with Crippen LogP contribution in [0, 0.1) is 5.92 Å². The molecule has 0 bridgehead atoms. The Labute approximate surface area is 130 Å². The number of thiophene rings is 1. The number of carboxylic acids is 1. The molecule has 4 rings (SSSR count). The third-order valence-electron chi connectivity index (χ3n) is 4.23. The normalized spacial score (nSPS) is 18.0. The zero-order valence-electron chi connectivity index (χ0n) is 12.2. The molecule has 3 heterocycles. The number of carbonyl (C=O) groups is 1. The number of nitrogens with zero attached hydrogens (tertiary/aromatic N) is 4. The van der Waals surface area contributed by atoms with Crippen molar-refractivity contribution < 1.29 is 9.90 Å². The summed E-state index contributed by atoms with van der Waals surface area (Å²) in [6.07, 6.45) is 5.48. The van der Waals surface area contributed by atoms with Crippen LogP contribution in [0.15, 0.2) is 6.33 Å². The maximum Gasteiger partial charge on any atom is 0.303 e. The molecule has 3 aromatic rings. The lowest BCUT2D eigenvalue weighted by atomic mass is 9.89. The average molecular weight is 316 g/mol. The smallest absolute Gasteiger partial charge is 0.303 e. The largest absolute Gasteiger partial charge is 0.481 e. The summed E-state index contributed by atoms with van der Waals surface area (Å²) in [4.78, 5) is 22.2. The molecular weight excluding hydrogens is 300 g/mol. The number of hydrogen-bond acceptors (Lipinski definition) is 5. The maximum atomic E-state index is 10.7. The van der Waals surface area contributed by atoms with Crippen molar-refractivity contribution in [2.75, 3.05) is 0 Å². The zero-order valence-corrected chi connectivity index (χ0v) is 13.1. The lowest BCUT2D eigenvalue weighted by Gasteiger charge is -2.17. The van der Waals surface area contributed by atoms with Crippen LogP contribution in [0.4, 0.5) is 0 Å². The molecule has 7 heteroatoms. The van der Waals surface area contributed by atoms with E-state index in [-0.39, 0.29) is 6.42 Å².